The monoisotopic (exact) mass is 239 g/mol. The van der Waals surface area contributed by atoms with Crippen LogP contribution in [0.15, 0.2) is 0 Å². The minimum Gasteiger partial charge on any atom is -0.313 e. The predicted molar refractivity (Wildman–Crippen MR) is 73.4 cm³/mol. The van der Waals surface area contributed by atoms with Crippen LogP contribution in [0.3, 0.4) is 0 Å². The van der Waals surface area contributed by atoms with Gasteiger partial charge in [0.2, 0.25) is 0 Å². The van der Waals surface area contributed by atoms with Crippen LogP contribution in [-0.4, -0.2) is 61.7 Å². The van der Waals surface area contributed by atoms with Crippen LogP contribution in [-0.2, 0) is 0 Å². The van der Waals surface area contributed by atoms with Crippen molar-refractivity contribution in [3.8, 4) is 0 Å². The molecule has 0 radical (unpaired) electrons. The summed E-state index contributed by atoms with van der Waals surface area (Å²) in [7, 11) is 2.25. The number of hydrogen-bond acceptors (Lipinski definition) is 3. The maximum Gasteiger partial charge on any atom is 0.0195 e. The zero-order chi connectivity index (χ0) is 12.1. The molecule has 2 rings (SSSR count). The zero-order valence-corrected chi connectivity index (χ0v) is 11.6. The van der Waals surface area contributed by atoms with Crippen LogP contribution in [0.2, 0.25) is 0 Å². The molecule has 2 saturated heterocycles. The van der Waals surface area contributed by atoms with E-state index >= 15 is 0 Å². The van der Waals surface area contributed by atoms with E-state index in [0.717, 1.165) is 12.1 Å². The van der Waals surface area contributed by atoms with Crippen LogP contribution in [0.4, 0.5) is 0 Å². The van der Waals surface area contributed by atoms with Gasteiger partial charge in [0.1, 0.15) is 0 Å². The molecule has 100 valence electrons. The van der Waals surface area contributed by atoms with E-state index in [1.165, 1.54) is 64.8 Å². The number of likely N-dealkylation sites (N-methyl/N-ethyl adjacent to an activating group) is 1. The Morgan fingerprint density at radius 3 is 2.53 bits per heavy atom. The highest BCUT2D eigenvalue weighted by atomic mass is 15.2. The molecule has 0 spiro atoms. The largest absolute Gasteiger partial charge is 0.313 e. The van der Waals surface area contributed by atoms with Crippen LogP contribution >= 0.6 is 0 Å². The zero-order valence-electron chi connectivity index (χ0n) is 11.6. The Kier molecular flexibility index (Phi) is 5.26. The molecule has 17 heavy (non-hydrogen) atoms. The normalized spacial score (nSPS) is 28.8. The Hall–Kier alpha value is -0.120. The SMILES string of the molecule is CCN(CC1CCCCN1)C1CCN(C)CC1. The van der Waals surface area contributed by atoms with E-state index in [1.807, 2.05) is 0 Å². The van der Waals surface area contributed by atoms with Gasteiger partial charge in [-0.2, -0.15) is 0 Å². The smallest absolute Gasteiger partial charge is 0.0195 e. The van der Waals surface area contributed by atoms with Crippen molar-refractivity contribution in [2.45, 2.75) is 51.1 Å². The van der Waals surface area contributed by atoms with Gasteiger partial charge in [0.05, 0.1) is 0 Å². The third-order valence-corrected chi connectivity index (χ3v) is 4.48. The Labute approximate surface area is 107 Å². The first-order valence-electron chi connectivity index (χ1n) is 7.45. The van der Waals surface area contributed by atoms with Gasteiger partial charge in [0.25, 0.3) is 0 Å². The van der Waals surface area contributed by atoms with E-state index in [-0.39, 0.29) is 0 Å². The van der Waals surface area contributed by atoms with Gasteiger partial charge in [-0.15, -0.1) is 0 Å². The molecule has 1 unspecified atom stereocenters. The fraction of sp³-hybridized carbons (Fsp3) is 1.00. The molecular weight excluding hydrogens is 210 g/mol. The molecule has 0 aromatic rings. The average molecular weight is 239 g/mol. The lowest BCUT2D eigenvalue weighted by Crippen LogP contribution is -2.50. The van der Waals surface area contributed by atoms with Gasteiger partial charge in [0.15, 0.2) is 0 Å². The summed E-state index contributed by atoms with van der Waals surface area (Å²) >= 11 is 0. The molecule has 2 aliphatic heterocycles. The molecule has 0 aliphatic carbocycles. The van der Waals surface area contributed by atoms with Crippen molar-refractivity contribution in [2.75, 3.05) is 39.8 Å². The second kappa shape index (κ2) is 6.72. The van der Waals surface area contributed by atoms with Gasteiger partial charge in [-0.05, 0) is 58.9 Å². The highest BCUT2D eigenvalue weighted by molar-refractivity contribution is 4.82. The minimum atomic E-state index is 0.753. The summed E-state index contributed by atoms with van der Waals surface area (Å²) in [5, 5.41) is 3.68. The first kappa shape index (κ1) is 13.3. The Morgan fingerprint density at radius 1 is 1.18 bits per heavy atom. The van der Waals surface area contributed by atoms with Crippen molar-refractivity contribution in [1.29, 1.82) is 0 Å². The van der Waals surface area contributed by atoms with Gasteiger partial charge < -0.3 is 10.2 Å². The quantitative estimate of drug-likeness (QED) is 0.803. The molecule has 1 N–H and O–H groups in total. The number of nitrogens with zero attached hydrogens (tertiary/aromatic N) is 2. The van der Waals surface area contributed by atoms with Crippen LogP contribution in [0, 0.1) is 0 Å². The van der Waals surface area contributed by atoms with Crippen molar-refractivity contribution >= 4 is 0 Å². The van der Waals surface area contributed by atoms with E-state index in [1.54, 1.807) is 0 Å². The van der Waals surface area contributed by atoms with Gasteiger partial charge >= 0.3 is 0 Å². The van der Waals surface area contributed by atoms with E-state index in [2.05, 4.69) is 29.1 Å². The number of nitrogens with one attached hydrogen (secondary N) is 1. The molecule has 3 heteroatoms. The maximum absolute atomic E-state index is 3.68. The Morgan fingerprint density at radius 2 is 1.94 bits per heavy atom. The van der Waals surface area contributed by atoms with E-state index < -0.39 is 0 Å². The third-order valence-electron chi connectivity index (χ3n) is 4.48. The lowest BCUT2D eigenvalue weighted by molar-refractivity contribution is 0.111. The molecule has 2 fully saturated rings. The summed E-state index contributed by atoms with van der Waals surface area (Å²) in [6.45, 7) is 8.59. The average Bonchev–Trinajstić information content (AvgIpc) is 2.38. The molecule has 2 heterocycles. The first-order valence-corrected chi connectivity index (χ1v) is 7.45. The molecule has 0 aromatic heterocycles. The van der Waals surface area contributed by atoms with Crippen LogP contribution < -0.4 is 5.32 Å². The molecule has 1 atom stereocenters. The van der Waals surface area contributed by atoms with Gasteiger partial charge in [-0.3, -0.25) is 4.90 Å². The Balaban J connectivity index is 1.78. The van der Waals surface area contributed by atoms with E-state index in [0.29, 0.717) is 0 Å². The highest BCUT2D eigenvalue weighted by Gasteiger charge is 2.24. The van der Waals surface area contributed by atoms with Gasteiger partial charge in [-0.1, -0.05) is 13.3 Å². The molecular formula is C14H29N3. The minimum absolute atomic E-state index is 0.753. The third kappa shape index (κ3) is 3.94. The summed E-state index contributed by atoms with van der Waals surface area (Å²) in [5.41, 5.74) is 0. The molecule has 3 nitrogen and oxygen atoms in total. The van der Waals surface area contributed by atoms with Crippen molar-refractivity contribution < 1.29 is 0 Å². The fourth-order valence-electron chi connectivity index (χ4n) is 3.26. The summed E-state index contributed by atoms with van der Waals surface area (Å²) in [6.07, 6.45) is 6.89. The lowest BCUT2D eigenvalue weighted by atomic mass is 10.00. The number of rotatable bonds is 4. The van der Waals surface area contributed by atoms with Crippen molar-refractivity contribution in [2.24, 2.45) is 0 Å². The van der Waals surface area contributed by atoms with Gasteiger partial charge in [0, 0.05) is 18.6 Å². The predicted octanol–water partition coefficient (Wildman–Crippen LogP) is 1.54. The van der Waals surface area contributed by atoms with Crippen LogP contribution in [0.1, 0.15) is 39.0 Å². The van der Waals surface area contributed by atoms with E-state index in [9.17, 15) is 0 Å². The summed E-state index contributed by atoms with van der Waals surface area (Å²) in [6, 6.07) is 1.59. The molecule has 0 bridgehead atoms. The lowest BCUT2D eigenvalue weighted by Gasteiger charge is -2.39. The van der Waals surface area contributed by atoms with Crippen molar-refractivity contribution in [1.82, 2.24) is 15.1 Å². The molecule has 0 aromatic carbocycles. The standard InChI is InChI=1S/C14H29N3/c1-3-17(12-13-6-4-5-9-15-13)14-7-10-16(2)11-8-14/h13-15H,3-12H2,1-2H3. The second-order valence-corrected chi connectivity index (χ2v) is 5.77. The maximum atomic E-state index is 3.68. The first-order chi connectivity index (χ1) is 8.29. The second-order valence-electron chi connectivity index (χ2n) is 5.77. The van der Waals surface area contributed by atoms with E-state index in [4.69, 9.17) is 0 Å². The molecule has 0 amide bonds. The summed E-state index contributed by atoms with van der Waals surface area (Å²) in [5.74, 6) is 0. The van der Waals surface area contributed by atoms with Crippen molar-refractivity contribution in [3.63, 3.8) is 0 Å². The van der Waals surface area contributed by atoms with Gasteiger partial charge in [-0.25, -0.2) is 0 Å². The fourth-order valence-corrected chi connectivity index (χ4v) is 3.26. The molecule has 2 aliphatic rings. The number of piperidine rings is 2. The number of hydrogen-bond donors (Lipinski definition) is 1. The van der Waals surface area contributed by atoms with Crippen LogP contribution in [0.25, 0.3) is 0 Å². The van der Waals surface area contributed by atoms with Crippen molar-refractivity contribution in [3.05, 3.63) is 0 Å². The van der Waals surface area contributed by atoms with Crippen LogP contribution in [0.5, 0.6) is 0 Å². The number of likely N-dealkylation sites (tertiary alicyclic amines) is 1. The summed E-state index contributed by atoms with van der Waals surface area (Å²) < 4.78 is 0. The highest BCUT2D eigenvalue weighted by Crippen LogP contribution is 2.17. The summed E-state index contributed by atoms with van der Waals surface area (Å²) in [4.78, 5) is 5.18. The Bertz CT molecular complexity index is 206. The topological polar surface area (TPSA) is 18.5 Å². The molecule has 0 saturated carbocycles.